The average molecular weight is 195 g/mol. The molecule has 0 saturated heterocycles. The zero-order valence-electron chi connectivity index (χ0n) is 8.66. The summed E-state index contributed by atoms with van der Waals surface area (Å²) >= 11 is 0. The number of ether oxygens (including phenoxy) is 1. The summed E-state index contributed by atoms with van der Waals surface area (Å²) in [7, 11) is 1.58. The third-order valence-electron chi connectivity index (χ3n) is 1.95. The van der Waals surface area contributed by atoms with Gasteiger partial charge in [0.1, 0.15) is 0 Å². The highest BCUT2D eigenvalue weighted by molar-refractivity contribution is 5.44. The molecule has 1 rings (SSSR count). The van der Waals surface area contributed by atoms with E-state index in [4.69, 9.17) is 4.74 Å². The highest BCUT2D eigenvalue weighted by Gasteiger charge is 2.01. The smallest absolute Gasteiger partial charge is 0.0945 e. The Bertz CT molecular complexity index is 258. The lowest BCUT2D eigenvalue weighted by atomic mass is 10.2. The van der Waals surface area contributed by atoms with E-state index in [1.165, 1.54) is 5.56 Å². The van der Waals surface area contributed by atoms with Crippen molar-refractivity contribution in [3.63, 3.8) is 0 Å². The summed E-state index contributed by atoms with van der Waals surface area (Å²) in [6, 6.07) is 8.06. The lowest BCUT2D eigenvalue weighted by molar-refractivity contribution is 0.0727. The predicted octanol–water partition coefficient (Wildman–Crippen LogP) is 1.41. The minimum Gasteiger partial charge on any atom is -0.389 e. The number of aliphatic hydroxyl groups excluding tert-OH is 1. The minimum absolute atomic E-state index is 0.360. The molecule has 0 amide bonds. The van der Waals surface area contributed by atoms with Crippen molar-refractivity contribution < 1.29 is 9.84 Å². The number of anilines is 1. The molecule has 3 nitrogen and oxygen atoms in total. The lowest BCUT2D eigenvalue weighted by Crippen LogP contribution is -2.24. The molecule has 0 spiro atoms. The van der Waals surface area contributed by atoms with E-state index < -0.39 is 6.10 Å². The third-order valence-corrected chi connectivity index (χ3v) is 1.95. The molecule has 78 valence electrons. The zero-order chi connectivity index (χ0) is 10.4. The molecule has 14 heavy (non-hydrogen) atoms. The first-order valence-electron chi connectivity index (χ1n) is 4.70. The molecule has 2 N–H and O–H groups in total. The van der Waals surface area contributed by atoms with Crippen LogP contribution >= 0.6 is 0 Å². The van der Waals surface area contributed by atoms with E-state index in [1.54, 1.807) is 7.11 Å². The number of nitrogens with one attached hydrogen (secondary N) is 1. The average Bonchev–Trinajstić information content (AvgIpc) is 2.17. The van der Waals surface area contributed by atoms with Crippen LogP contribution in [0.25, 0.3) is 0 Å². The van der Waals surface area contributed by atoms with Crippen molar-refractivity contribution in [1.29, 1.82) is 0 Å². The molecule has 1 aromatic carbocycles. The molecule has 3 heteroatoms. The second-order valence-corrected chi connectivity index (χ2v) is 3.36. The lowest BCUT2D eigenvalue weighted by Gasteiger charge is -2.11. The maximum absolute atomic E-state index is 9.38. The Balaban J connectivity index is 2.34. The number of benzene rings is 1. The van der Waals surface area contributed by atoms with Crippen molar-refractivity contribution in [2.75, 3.05) is 25.6 Å². The van der Waals surface area contributed by atoms with Crippen LogP contribution < -0.4 is 5.32 Å². The summed E-state index contributed by atoms with van der Waals surface area (Å²) in [4.78, 5) is 0. The Labute approximate surface area is 84.7 Å². The first kappa shape index (κ1) is 11.0. The fourth-order valence-corrected chi connectivity index (χ4v) is 1.16. The van der Waals surface area contributed by atoms with Gasteiger partial charge in [0.15, 0.2) is 0 Å². The molecule has 0 bridgehead atoms. The van der Waals surface area contributed by atoms with Crippen LogP contribution in [0.1, 0.15) is 5.56 Å². The molecule has 0 aliphatic rings. The van der Waals surface area contributed by atoms with Crippen LogP contribution in [0.15, 0.2) is 24.3 Å². The summed E-state index contributed by atoms with van der Waals surface area (Å²) in [6.45, 7) is 2.92. The largest absolute Gasteiger partial charge is 0.389 e. The zero-order valence-corrected chi connectivity index (χ0v) is 8.66. The van der Waals surface area contributed by atoms with E-state index in [0.29, 0.717) is 13.2 Å². The van der Waals surface area contributed by atoms with Crippen molar-refractivity contribution in [1.82, 2.24) is 0 Å². The Morgan fingerprint density at radius 2 is 2.00 bits per heavy atom. The maximum atomic E-state index is 9.38. The van der Waals surface area contributed by atoms with Crippen LogP contribution in [0.5, 0.6) is 0 Å². The van der Waals surface area contributed by atoms with E-state index in [0.717, 1.165) is 5.69 Å². The standard InChI is InChI=1S/C11H17NO2/c1-9-3-5-10(6-4-9)12-7-11(13)8-14-2/h3-6,11-13H,7-8H2,1-2H3/t11-/m1/s1. The number of hydrogen-bond donors (Lipinski definition) is 2. The van der Waals surface area contributed by atoms with Crippen LogP contribution in [-0.4, -0.2) is 31.5 Å². The van der Waals surface area contributed by atoms with Gasteiger partial charge in [-0.2, -0.15) is 0 Å². The van der Waals surface area contributed by atoms with Gasteiger partial charge in [0.2, 0.25) is 0 Å². The Kier molecular flexibility index (Phi) is 4.43. The van der Waals surface area contributed by atoms with Crippen molar-refractivity contribution in [3.8, 4) is 0 Å². The highest BCUT2D eigenvalue weighted by atomic mass is 16.5. The van der Waals surface area contributed by atoms with E-state index in [9.17, 15) is 5.11 Å². The first-order valence-corrected chi connectivity index (χ1v) is 4.70. The minimum atomic E-state index is -0.457. The van der Waals surface area contributed by atoms with Crippen LogP contribution in [0.2, 0.25) is 0 Å². The van der Waals surface area contributed by atoms with E-state index in [2.05, 4.69) is 5.32 Å². The van der Waals surface area contributed by atoms with Gasteiger partial charge in [-0.05, 0) is 19.1 Å². The third kappa shape index (κ3) is 3.77. The fourth-order valence-electron chi connectivity index (χ4n) is 1.16. The SMILES string of the molecule is COC[C@H](O)CNc1ccc(C)cc1. The van der Waals surface area contributed by atoms with Crippen LogP contribution in [0, 0.1) is 6.92 Å². The molecule has 1 aromatic rings. The normalized spacial score (nSPS) is 12.5. The van der Waals surface area contributed by atoms with Gasteiger partial charge in [0, 0.05) is 19.3 Å². The molecular formula is C11H17NO2. The van der Waals surface area contributed by atoms with Gasteiger partial charge < -0.3 is 15.2 Å². The number of rotatable bonds is 5. The van der Waals surface area contributed by atoms with E-state index >= 15 is 0 Å². The quantitative estimate of drug-likeness (QED) is 0.746. The van der Waals surface area contributed by atoms with E-state index in [-0.39, 0.29) is 0 Å². The van der Waals surface area contributed by atoms with Crippen LogP contribution in [0.3, 0.4) is 0 Å². The number of aliphatic hydroxyl groups is 1. The number of hydrogen-bond acceptors (Lipinski definition) is 3. The van der Waals surface area contributed by atoms with Gasteiger partial charge >= 0.3 is 0 Å². The Morgan fingerprint density at radius 3 is 2.57 bits per heavy atom. The topological polar surface area (TPSA) is 41.5 Å². The second kappa shape index (κ2) is 5.62. The molecule has 0 aliphatic carbocycles. The molecule has 0 fully saturated rings. The van der Waals surface area contributed by atoms with Crippen molar-refractivity contribution in [3.05, 3.63) is 29.8 Å². The van der Waals surface area contributed by atoms with Crippen molar-refractivity contribution in [2.24, 2.45) is 0 Å². The molecular weight excluding hydrogens is 178 g/mol. The maximum Gasteiger partial charge on any atom is 0.0945 e. The van der Waals surface area contributed by atoms with E-state index in [1.807, 2.05) is 31.2 Å². The molecule has 0 aromatic heterocycles. The predicted molar refractivity (Wildman–Crippen MR) is 57.6 cm³/mol. The van der Waals surface area contributed by atoms with Crippen LogP contribution in [0.4, 0.5) is 5.69 Å². The van der Waals surface area contributed by atoms with Crippen molar-refractivity contribution in [2.45, 2.75) is 13.0 Å². The first-order chi connectivity index (χ1) is 6.72. The Hall–Kier alpha value is -1.06. The highest BCUT2D eigenvalue weighted by Crippen LogP contribution is 2.08. The summed E-state index contributed by atoms with van der Waals surface area (Å²) < 4.78 is 4.82. The summed E-state index contributed by atoms with van der Waals surface area (Å²) in [5.74, 6) is 0. The van der Waals surface area contributed by atoms with Gasteiger partial charge in [-0.25, -0.2) is 0 Å². The van der Waals surface area contributed by atoms with Gasteiger partial charge in [0.05, 0.1) is 12.7 Å². The molecule has 0 aliphatic heterocycles. The monoisotopic (exact) mass is 195 g/mol. The molecule has 0 saturated carbocycles. The summed E-state index contributed by atoms with van der Waals surface area (Å²) in [5.41, 5.74) is 2.25. The molecule has 0 unspecified atom stereocenters. The summed E-state index contributed by atoms with van der Waals surface area (Å²) in [6.07, 6.45) is -0.457. The molecule has 1 atom stereocenters. The van der Waals surface area contributed by atoms with Gasteiger partial charge in [-0.3, -0.25) is 0 Å². The van der Waals surface area contributed by atoms with Crippen LogP contribution in [-0.2, 0) is 4.74 Å². The molecule has 0 radical (unpaired) electrons. The number of aryl methyl sites for hydroxylation is 1. The van der Waals surface area contributed by atoms with Gasteiger partial charge in [-0.15, -0.1) is 0 Å². The number of methoxy groups -OCH3 is 1. The Morgan fingerprint density at radius 1 is 1.36 bits per heavy atom. The van der Waals surface area contributed by atoms with Crippen molar-refractivity contribution >= 4 is 5.69 Å². The molecule has 0 heterocycles. The van der Waals surface area contributed by atoms with Gasteiger partial charge in [-0.1, -0.05) is 17.7 Å². The van der Waals surface area contributed by atoms with Gasteiger partial charge in [0.25, 0.3) is 0 Å². The second-order valence-electron chi connectivity index (χ2n) is 3.36. The summed E-state index contributed by atoms with van der Waals surface area (Å²) in [5, 5.41) is 12.5. The fraction of sp³-hybridized carbons (Fsp3) is 0.455.